The minimum Gasteiger partial charge on any atom is -0.497 e. The zero-order valence-electron chi connectivity index (χ0n) is 14.6. The molecule has 5 heteroatoms. The molecule has 0 radical (unpaired) electrons. The number of benzene rings is 1. The molecule has 1 saturated heterocycles. The fraction of sp³-hybridized carbons (Fsp3) is 0.611. The van der Waals surface area contributed by atoms with Gasteiger partial charge in [-0.3, -0.25) is 0 Å². The second-order valence-electron chi connectivity index (χ2n) is 7.04. The van der Waals surface area contributed by atoms with Gasteiger partial charge in [0.05, 0.1) is 7.11 Å². The van der Waals surface area contributed by atoms with Crippen molar-refractivity contribution < 1.29 is 14.3 Å². The van der Waals surface area contributed by atoms with E-state index in [9.17, 15) is 4.79 Å². The highest BCUT2D eigenvalue weighted by molar-refractivity contribution is 5.68. The summed E-state index contributed by atoms with van der Waals surface area (Å²) < 4.78 is 10.6. The SMILES string of the molecule is COc1ccc(NCC2CCCN(C(=O)OC(C)(C)C)C2)cc1. The lowest BCUT2D eigenvalue weighted by Gasteiger charge is -2.34. The number of likely N-dealkylation sites (tertiary alicyclic amines) is 1. The van der Waals surface area contributed by atoms with Gasteiger partial charge in [-0.25, -0.2) is 4.79 Å². The molecule has 128 valence electrons. The summed E-state index contributed by atoms with van der Waals surface area (Å²) in [5, 5.41) is 3.44. The quantitative estimate of drug-likeness (QED) is 0.918. The summed E-state index contributed by atoms with van der Waals surface area (Å²) in [5.74, 6) is 1.29. The molecule has 1 aliphatic heterocycles. The number of carbonyl (C=O) groups excluding carboxylic acids is 1. The number of hydrogen-bond donors (Lipinski definition) is 1. The molecule has 0 spiro atoms. The number of nitrogens with one attached hydrogen (secondary N) is 1. The van der Waals surface area contributed by atoms with Crippen LogP contribution in [0.2, 0.25) is 0 Å². The van der Waals surface area contributed by atoms with Crippen LogP contribution in [0.3, 0.4) is 0 Å². The monoisotopic (exact) mass is 320 g/mol. The highest BCUT2D eigenvalue weighted by atomic mass is 16.6. The van der Waals surface area contributed by atoms with Gasteiger partial charge < -0.3 is 19.7 Å². The van der Waals surface area contributed by atoms with Crippen molar-refractivity contribution in [1.29, 1.82) is 0 Å². The maximum absolute atomic E-state index is 12.2. The van der Waals surface area contributed by atoms with Crippen molar-refractivity contribution in [3.8, 4) is 5.75 Å². The highest BCUT2D eigenvalue weighted by Crippen LogP contribution is 2.21. The largest absolute Gasteiger partial charge is 0.497 e. The molecule has 1 amide bonds. The van der Waals surface area contributed by atoms with Crippen LogP contribution in [0.4, 0.5) is 10.5 Å². The number of ether oxygens (including phenoxy) is 2. The average Bonchev–Trinajstić information content (AvgIpc) is 2.52. The smallest absolute Gasteiger partial charge is 0.410 e. The Morgan fingerprint density at radius 2 is 2.00 bits per heavy atom. The molecule has 1 unspecified atom stereocenters. The summed E-state index contributed by atoms with van der Waals surface area (Å²) in [7, 11) is 1.66. The van der Waals surface area contributed by atoms with E-state index in [1.54, 1.807) is 7.11 Å². The molecular weight excluding hydrogens is 292 g/mol. The predicted molar refractivity (Wildman–Crippen MR) is 92.0 cm³/mol. The van der Waals surface area contributed by atoms with Crippen molar-refractivity contribution in [1.82, 2.24) is 4.90 Å². The second-order valence-corrected chi connectivity index (χ2v) is 7.04. The maximum Gasteiger partial charge on any atom is 0.410 e. The first-order valence-corrected chi connectivity index (χ1v) is 8.23. The van der Waals surface area contributed by atoms with Crippen LogP contribution in [0.15, 0.2) is 24.3 Å². The van der Waals surface area contributed by atoms with Crippen LogP contribution in [0.25, 0.3) is 0 Å². The van der Waals surface area contributed by atoms with Crippen molar-refractivity contribution >= 4 is 11.8 Å². The molecule has 1 aromatic rings. The normalized spacial score (nSPS) is 18.4. The van der Waals surface area contributed by atoms with Gasteiger partial charge >= 0.3 is 6.09 Å². The molecule has 23 heavy (non-hydrogen) atoms. The topological polar surface area (TPSA) is 50.8 Å². The summed E-state index contributed by atoms with van der Waals surface area (Å²) in [4.78, 5) is 14.0. The summed E-state index contributed by atoms with van der Waals surface area (Å²) in [6.45, 7) is 8.09. The van der Waals surface area contributed by atoms with E-state index >= 15 is 0 Å². The fourth-order valence-corrected chi connectivity index (χ4v) is 2.70. The van der Waals surface area contributed by atoms with Crippen molar-refractivity contribution in [3.63, 3.8) is 0 Å². The number of anilines is 1. The molecule has 5 nitrogen and oxygen atoms in total. The van der Waals surface area contributed by atoms with Gasteiger partial charge in [-0.2, -0.15) is 0 Å². The van der Waals surface area contributed by atoms with E-state index in [-0.39, 0.29) is 6.09 Å². The number of carbonyl (C=O) groups is 1. The first kappa shape index (κ1) is 17.4. The second kappa shape index (κ2) is 7.57. The Balaban J connectivity index is 1.82. The van der Waals surface area contributed by atoms with E-state index in [0.29, 0.717) is 5.92 Å². The Morgan fingerprint density at radius 3 is 2.61 bits per heavy atom. The van der Waals surface area contributed by atoms with Gasteiger partial charge in [0, 0.05) is 25.3 Å². The summed E-state index contributed by atoms with van der Waals surface area (Å²) in [5.41, 5.74) is 0.631. The van der Waals surface area contributed by atoms with Crippen LogP contribution in [0.1, 0.15) is 33.6 Å². The predicted octanol–water partition coefficient (Wildman–Crippen LogP) is 3.75. The van der Waals surface area contributed by atoms with Gasteiger partial charge in [0.2, 0.25) is 0 Å². The molecular formula is C18H28N2O3. The molecule has 1 atom stereocenters. The maximum atomic E-state index is 12.2. The van der Waals surface area contributed by atoms with Crippen molar-refractivity contribution in [3.05, 3.63) is 24.3 Å². The van der Waals surface area contributed by atoms with Gasteiger partial charge in [-0.1, -0.05) is 0 Å². The number of methoxy groups -OCH3 is 1. The van der Waals surface area contributed by atoms with Crippen LogP contribution in [-0.4, -0.2) is 43.3 Å². The number of nitrogens with zero attached hydrogens (tertiary/aromatic N) is 1. The van der Waals surface area contributed by atoms with Crippen molar-refractivity contribution in [2.45, 2.75) is 39.2 Å². The third-order valence-corrected chi connectivity index (χ3v) is 3.86. The third kappa shape index (κ3) is 5.66. The van der Waals surface area contributed by atoms with Gasteiger partial charge in [-0.15, -0.1) is 0 Å². The molecule has 2 rings (SSSR count). The lowest BCUT2D eigenvalue weighted by molar-refractivity contribution is 0.0172. The van der Waals surface area contributed by atoms with Crippen molar-refractivity contribution in [2.24, 2.45) is 5.92 Å². The lowest BCUT2D eigenvalue weighted by atomic mass is 9.98. The van der Waals surface area contributed by atoms with E-state index in [2.05, 4.69) is 5.32 Å². The van der Waals surface area contributed by atoms with Gasteiger partial charge in [-0.05, 0) is 63.8 Å². The fourth-order valence-electron chi connectivity index (χ4n) is 2.70. The van der Waals surface area contributed by atoms with Crippen molar-refractivity contribution in [2.75, 3.05) is 32.1 Å². The minimum absolute atomic E-state index is 0.202. The Labute approximate surface area is 139 Å². The molecule has 1 N–H and O–H groups in total. The van der Waals surface area contributed by atoms with E-state index in [1.165, 1.54) is 0 Å². The number of hydrogen-bond acceptors (Lipinski definition) is 4. The molecule has 0 aromatic heterocycles. The average molecular weight is 320 g/mol. The summed E-state index contributed by atoms with van der Waals surface area (Å²) in [6.07, 6.45) is 1.95. The van der Waals surface area contributed by atoms with E-state index in [0.717, 1.165) is 43.9 Å². The van der Waals surface area contributed by atoms with Crippen LogP contribution < -0.4 is 10.1 Å². The van der Waals surface area contributed by atoms with E-state index < -0.39 is 5.60 Å². The Bertz CT molecular complexity index is 508. The molecule has 0 aliphatic carbocycles. The van der Waals surface area contributed by atoms with Gasteiger partial charge in [0.1, 0.15) is 11.4 Å². The van der Waals surface area contributed by atoms with Crippen LogP contribution in [0, 0.1) is 5.92 Å². The minimum atomic E-state index is -0.439. The highest BCUT2D eigenvalue weighted by Gasteiger charge is 2.27. The zero-order valence-corrected chi connectivity index (χ0v) is 14.6. The van der Waals surface area contributed by atoms with Crippen LogP contribution in [-0.2, 0) is 4.74 Å². The molecule has 1 fully saturated rings. The number of amides is 1. The van der Waals surface area contributed by atoms with Gasteiger partial charge in [0.25, 0.3) is 0 Å². The summed E-state index contributed by atoms with van der Waals surface area (Å²) >= 11 is 0. The Morgan fingerprint density at radius 1 is 1.30 bits per heavy atom. The van der Waals surface area contributed by atoms with Gasteiger partial charge in [0.15, 0.2) is 0 Å². The van der Waals surface area contributed by atoms with E-state index in [1.807, 2.05) is 49.9 Å². The molecule has 1 aliphatic rings. The Kier molecular flexibility index (Phi) is 5.74. The molecule has 0 bridgehead atoms. The lowest BCUT2D eigenvalue weighted by Crippen LogP contribution is -2.44. The molecule has 0 saturated carbocycles. The first-order chi connectivity index (χ1) is 10.9. The number of rotatable bonds is 4. The molecule has 1 heterocycles. The Hall–Kier alpha value is -1.91. The first-order valence-electron chi connectivity index (χ1n) is 8.23. The molecule has 1 aromatic carbocycles. The number of piperidine rings is 1. The standard InChI is InChI=1S/C18H28N2O3/c1-18(2,3)23-17(21)20-11-5-6-14(13-20)12-19-15-7-9-16(22-4)10-8-15/h7-10,14,19H,5-6,11-13H2,1-4H3. The van der Waals surface area contributed by atoms with Crippen LogP contribution in [0.5, 0.6) is 5.75 Å². The zero-order chi connectivity index (χ0) is 16.9. The van der Waals surface area contributed by atoms with Crippen LogP contribution >= 0.6 is 0 Å². The summed E-state index contributed by atoms with van der Waals surface area (Å²) in [6, 6.07) is 7.90. The third-order valence-electron chi connectivity index (χ3n) is 3.86. The van der Waals surface area contributed by atoms with E-state index in [4.69, 9.17) is 9.47 Å².